The number of unbranched alkanes of at least 4 members (excludes halogenated alkanes) is 7. The Morgan fingerprint density at radius 3 is 2.26 bits per heavy atom. The van der Waals surface area contributed by atoms with E-state index in [-0.39, 0.29) is 0 Å². The van der Waals surface area contributed by atoms with E-state index >= 15 is 0 Å². The molecule has 1 fully saturated rings. The molecule has 19 heavy (non-hydrogen) atoms. The molecule has 1 saturated heterocycles. The van der Waals surface area contributed by atoms with Gasteiger partial charge >= 0.3 is 0 Å². The van der Waals surface area contributed by atoms with Crippen LogP contribution in [0.5, 0.6) is 0 Å². The molecular weight excluding hydrogens is 232 g/mol. The fourth-order valence-electron chi connectivity index (χ4n) is 3.36. The van der Waals surface area contributed by atoms with Crippen molar-refractivity contribution in [2.24, 2.45) is 5.41 Å². The zero-order chi connectivity index (χ0) is 14.0. The topological polar surface area (TPSA) is 15.3 Å². The van der Waals surface area contributed by atoms with E-state index in [9.17, 15) is 0 Å². The molecule has 1 aliphatic rings. The number of nitrogens with zero attached hydrogens (tertiary/aromatic N) is 1. The molecule has 0 aromatic carbocycles. The van der Waals surface area contributed by atoms with Crippen LogP contribution in [0.1, 0.15) is 71.6 Å². The molecule has 0 aromatic rings. The minimum Gasteiger partial charge on any atom is -0.319 e. The smallest absolute Gasteiger partial charge is 0.00480 e. The molecule has 1 unspecified atom stereocenters. The van der Waals surface area contributed by atoms with Crippen molar-refractivity contribution in [3.63, 3.8) is 0 Å². The zero-order valence-corrected chi connectivity index (χ0v) is 13.6. The van der Waals surface area contributed by atoms with Crippen molar-refractivity contribution in [3.05, 3.63) is 0 Å². The first-order valence-corrected chi connectivity index (χ1v) is 8.57. The van der Waals surface area contributed by atoms with Gasteiger partial charge in [-0.1, -0.05) is 58.8 Å². The Hall–Kier alpha value is -0.0800. The summed E-state index contributed by atoms with van der Waals surface area (Å²) in [7, 11) is 2.08. The summed E-state index contributed by atoms with van der Waals surface area (Å²) in [5, 5.41) is 3.34. The van der Waals surface area contributed by atoms with E-state index in [0.29, 0.717) is 5.41 Å². The Balaban J connectivity index is 1.93. The van der Waals surface area contributed by atoms with Crippen molar-refractivity contribution < 1.29 is 0 Å². The quantitative estimate of drug-likeness (QED) is 0.569. The van der Waals surface area contributed by atoms with Crippen LogP contribution in [-0.2, 0) is 0 Å². The van der Waals surface area contributed by atoms with Crippen LogP contribution < -0.4 is 5.32 Å². The van der Waals surface area contributed by atoms with E-state index in [1.807, 2.05) is 0 Å². The summed E-state index contributed by atoms with van der Waals surface area (Å²) in [6.07, 6.45) is 12.8. The number of nitrogens with one attached hydrogen (secondary N) is 1. The first-order valence-electron chi connectivity index (χ1n) is 8.57. The summed E-state index contributed by atoms with van der Waals surface area (Å²) >= 11 is 0. The lowest BCUT2D eigenvalue weighted by molar-refractivity contribution is 0.266. The minimum atomic E-state index is 0.523. The highest BCUT2D eigenvalue weighted by atomic mass is 15.2. The standard InChI is InChI=1S/C17H36N2/c1-4-5-6-7-8-9-10-11-13-19-14-12-17(2,16-19)15-18-3/h18H,4-16H2,1-3H3. The maximum absolute atomic E-state index is 3.34. The summed E-state index contributed by atoms with van der Waals surface area (Å²) in [4.78, 5) is 2.68. The Morgan fingerprint density at radius 1 is 1.00 bits per heavy atom. The van der Waals surface area contributed by atoms with Gasteiger partial charge in [0.1, 0.15) is 0 Å². The molecule has 0 amide bonds. The van der Waals surface area contributed by atoms with Crippen LogP contribution in [-0.4, -0.2) is 38.1 Å². The Morgan fingerprint density at radius 2 is 1.63 bits per heavy atom. The van der Waals surface area contributed by atoms with Crippen LogP contribution in [0, 0.1) is 5.41 Å². The Labute approximate surface area is 121 Å². The molecular formula is C17H36N2. The molecule has 0 bridgehead atoms. The lowest BCUT2D eigenvalue weighted by Crippen LogP contribution is -2.33. The molecule has 1 atom stereocenters. The van der Waals surface area contributed by atoms with Gasteiger partial charge in [-0.2, -0.15) is 0 Å². The van der Waals surface area contributed by atoms with Crippen molar-refractivity contribution in [2.75, 3.05) is 33.2 Å². The number of rotatable bonds is 11. The summed E-state index contributed by atoms with van der Waals surface area (Å²) in [5.41, 5.74) is 0.523. The van der Waals surface area contributed by atoms with Crippen LogP contribution in [0.2, 0.25) is 0 Å². The first-order chi connectivity index (χ1) is 9.20. The minimum absolute atomic E-state index is 0.523. The normalized spacial score (nSPS) is 24.2. The van der Waals surface area contributed by atoms with E-state index in [1.165, 1.54) is 84.0 Å². The monoisotopic (exact) mass is 268 g/mol. The van der Waals surface area contributed by atoms with Crippen molar-refractivity contribution in [1.82, 2.24) is 10.2 Å². The maximum atomic E-state index is 3.34. The van der Waals surface area contributed by atoms with Crippen LogP contribution >= 0.6 is 0 Å². The van der Waals surface area contributed by atoms with Gasteiger partial charge in [0, 0.05) is 13.1 Å². The Kier molecular flexibility index (Phi) is 8.72. The maximum Gasteiger partial charge on any atom is 0.00480 e. The van der Waals surface area contributed by atoms with Gasteiger partial charge in [-0.05, 0) is 38.4 Å². The van der Waals surface area contributed by atoms with Crippen molar-refractivity contribution in [3.8, 4) is 0 Å². The molecule has 1 aliphatic heterocycles. The van der Waals surface area contributed by atoms with Gasteiger partial charge in [0.25, 0.3) is 0 Å². The molecule has 1 rings (SSSR count). The Bertz CT molecular complexity index is 217. The highest BCUT2D eigenvalue weighted by Gasteiger charge is 2.32. The third kappa shape index (κ3) is 7.31. The third-order valence-electron chi connectivity index (χ3n) is 4.57. The lowest BCUT2D eigenvalue weighted by atomic mass is 9.90. The number of hydrogen-bond donors (Lipinski definition) is 1. The molecule has 1 heterocycles. The van der Waals surface area contributed by atoms with Crippen molar-refractivity contribution >= 4 is 0 Å². The predicted octanol–water partition coefficient (Wildman–Crippen LogP) is 4.06. The molecule has 0 radical (unpaired) electrons. The fourth-order valence-corrected chi connectivity index (χ4v) is 3.36. The van der Waals surface area contributed by atoms with E-state index in [2.05, 4.69) is 31.1 Å². The van der Waals surface area contributed by atoms with Gasteiger partial charge in [-0.3, -0.25) is 0 Å². The largest absolute Gasteiger partial charge is 0.319 e. The van der Waals surface area contributed by atoms with Gasteiger partial charge < -0.3 is 10.2 Å². The van der Waals surface area contributed by atoms with E-state index in [1.54, 1.807) is 0 Å². The van der Waals surface area contributed by atoms with E-state index in [0.717, 1.165) is 0 Å². The molecule has 0 saturated carbocycles. The van der Waals surface area contributed by atoms with E-state index < -0.39 is 0 Å². The van der Waals surface area contributed by atoms with Crippen molar-refractivity contribution in [2.45, 2.75) is 71.6 Å². The van der Waals surface area contributed by atoms with Gasteiger partial charge in [0.2, 0.25) is 0 Å². The van der Waals surface area contributed by atoms with Gasteiger partial charge in [0.15, 0.2) is 0 Å². The first kappa shape index (κ1) is 17.0. The number of hydrogen-bond acceptors (Lipinski definition) is 2. The van der Waals surface area contributed by atoms with Gasteiger partial charge in [-0.15, -0.1) is 0 Å². The van der Waals surface area contributed by atoms with Crippen molar-refractivity contribution in [1.29, 1.82) is 0 Å². The summed E-state index contributed by atoms with van der Waals surface area (Å²) in [5.74, 6) is 0. The average molecular weight is 268 g/mol. The lowest BCUT2D eigenvalue weighted by Gasteiger charge is -2.24. The zero-order valence-electron chi connectivity index (χ0n) is 13.6. The molecule has 2 heteroatoms. The van der Waals surface area contributed by atoms with Crippen LogP contribution in [0.4, 0.5) is 0 Å². The molecule has 2 nitrogen and oxygen atoms in total. The molecule has 0 aliphatic carbocycles. The predicted molar refractivity (Wildman–Crippen MR) is 85.7 cm³/mol. The molecule has 0 aromatic heterocycles. The highest BCUT2D eigenvalue weighted by molar-refractivity contribution is 4.87. The highest BCUT2D eigenvalue weighted by Crippen LogP contribution is 2.29. The SMILES string of the molecule is CCCCCCCCCCN1CCC(C)(CNC)C1. The molecule has 114 valence electrons. The molecule has 1 N–H and O–H groups in total. The number of likely N-dealkylation sites (tertiary alicyclic amines) is 1. The van der Waals surface area contributed by atoms with Crippen LogP contribution in [0.3, 0.4) is 0 Å². The summed E-state index contributed by atoms with van der Waals surface area (Å²) < 4.78 is 0. The molecule has 0 spiro atoms. The van der Waals surface area contributed by atoms with E-state index in [4.69, 9.17) is 0 Å². The second-order valence-corrected chi connectivity index (χ2v) is 6.84. The van der Waals surface area contributed by atoms with Crippen LogP contribution in [0.15, 0.2) is 0 Å². The van der Waals surface area contributed by atoms with Crippen LogP contribution in [0.25, 0.3) is 0 Å². The fraction of sp³-hybridized carbons (Fsp3) is 1.00. The van der Waals surface area contributed by atoms with Gasteiger partial charge in [0.05, 0.1) is 0 Å². The second kappa shape index (κ2) is 9.77. The third-order valence-corrected chi connectivity index (χ3v) is 4.57. The summed E-state index contributed by atoms with van der Waals surface area (Å²) in [6, 6.07) is 0. The second-order valence-electron chi connectivity index (χ2n) is 6.84. The average Bonchev–Trinajstić information content (AvgIpc) is 2.75. The summed E-state index contributed by atoms with van der Waals surface area (Å²) in [6.45, 7) is 9.82. The van der Waals surface area contributed by atoms with Gasteiger partial charge in [-0.25, -0.2) is 0 Å².